The van der Waals surface area contributed by atoms with Gasteiger partial charge in [0.2, 0.25) is 0 Å². The van der Waals surface area contributed by atoms with Crippen molar-refractivity contribution in [2.75, 3.05) is 13.7 Å². The number of nitrogens with zero attached hydrogens (tertiary/aromatic N) is 1. The molecule has 0 bridgehead atoms. The first-order chi connectivity index (χ1) is 14.7. The quantitative estimate of drug-likeness (QED) is 0.418. The molecule has 1 fully saturated rings. The van der Waals surface area contributed by atoms with Crippen molar-refractivity contribution in [1.29, 1.82) is 0 Å². The molecule has 0 saturated carbocycles. The zero-order valence-electron chi connectivity index (χ0n) is 18.7. The molecule has 2 aliphatic rings. The van der Waals surface area contributed by atoms with Crippen LogP contribution in [0.15, 0.2) is 43.9 Å². The highest BCUT2D eigenvalue weighted by atomic mass is 32.2. The van der Waals surface area contributed by atoms with E-state index in [1.54, 1.807) is 30.2 Å². The summed E-state index contributed by atoms with van der Waals surface area (Å²) in [7, 11) is 1.77. The van der Waals surface area contributed by atoms with Crippen molar-refractivity contribution in [2.45, 2.75) is 67.8 Å². The van der Waals surface area contributed by atoms with Gasteiger partial charge in [0.25, 0.3) is 0 Å². The average molecular weight is 460 g/mol. The number of carbonyl (C=O) groups excluding carboxylic acids is 1. The molecule has 2 aromatic rings. The Bertz CT molecular complexity index is 1010. The molecule has 166 valence electrons. The minimum absolute atomic E-state index is 0.0510. The van der Waals surface area contributed by atoms with Gasteiger partial charge in [0, 0.05) is 24.0 Å². The Morgan fingerprint density at radius 2 is 2.10 bits per heavy atom. The van der Waals surface area contributed by atoms with E-state index in [0.29, 0.717) is 0 Å². The van der Waals surface area contributed by atoms with Crippen LogP contribution in [0.5, 0.6) is 0 Å². The third-order valence-electron chi connectivity index (χ3n) is 6.01. The van der Waals surface area contributed by atoms with E-state index in [-0.39, 0.29) is 17.7 Å². The number of hydrogen-bond acceptors (Lipinski definition) is 7. The summed E-state index contributed by atoms with van der Waals surface area (Å²) in [5.74, 6) is -0.315. The molecule has 1 aromatic carbocycles. The van der Waals surface area contributed by atoms with Crippen LogP contribution in [-0.4, -0.2) is 31.5 Å². The smallest absolute Gasteiger partial charge is 0.340 e. The third-order valence-corrected chi connectivity index (χ3v) is 8.08. The largest absolute Gasteiger partial charge is 0.375 e. The van der Waals surface area contributed by atoms with Crippen molar-refractivity contribution < 1.29 is 19.1 Å². The van der Waals surface area contributed by atoms with Crippen molar-refractivity contribution in [2.24, 2.45) is 10.6 Å². The maximum absolute atomic E-state index is 12.0. The Hall–Kier alpha value is -1.67. The van der Waals surface area contributed by atoms with Crippen LogP contribution >= 0.6 is 23.1 Å². The second kappa shape index (κ2) is 8.70. The van der Waals surface area contributed by atoms with Crippen molar-refractivity contribution in [3.63, 3.8) is 0 Å². The minimum atomic E-state index is -0.560. The molecular formula is C24H29NO4S2. The highest BCUT2D eigenvalue weighted by molar-refractivity contribution is 8.01. The fourth-order valence-electron chi connectivity index (χ4n) is 4.04. The summed E-state index contributed by atoms with van der Waals surface area (Å²) in [6, 6.07) is 8.66. The number of aryl methyl sites for hydroxylation is 1. The van der Waals surface area contributed by atoms with Crippen LogP contribution in [0.25, 0.3) is 0 Å². The van der Waals surface area contributed by atoms with Gasteiger partial charge in [-0.05, 0) is 75.2 Å². The average Bonchev–Trinajstić information content (AvgIpc) is 3.44. The molecule has 1 aromatic heterocycles. The van der Waals surface area contributed by atoms with Crippen molar-refractivity contribution >= 4 is 34.8 Å². The van der Waals surface area contributed by atoms with Crippen LogP contribution in [0, 0.1) is 5.41 Å². The molecule has 7 heteroatoms. The molecule has 31 heavy (non-hydrogen) atoms. The van der Waals surface area contributed by atoms with E-state index < -0.39 is 5.41 Å². The van der Waals surface area contributed by atoms with E-state index in [4.69, 9.17) is 14.3 Å². The summed E-state index contributed by atoms with van der Waals surface area (Å²) >= 11 is 3.50. The second-order valence-corrected chi connectivity index (χ2v) is 11.4. The number of rotatable bonds is 5. The van der Waals surface area contributed by atoms with Crippen LogP contribution in [-0.2, 0) is 31.1 Å². The van der Waals surface area contributed by atoms with Crippen molar-refractivity contribution in [3.05, 3.63) is 46.3 Å². The van der Waals surface area contributed by atoms with Crippen LogP contribution in [0.3, 0.4) is 0 Å². The van der Waals surface area contributed by atoms with Crippen molar-refractivity contribution in [3.8, 4) is 0 Å². The molecule has 5 nitrogen and oxygen atoms in total. The van der Waals surface area contributed by atoms with Gasteiger partial charge in [-0.1, -0.05) is 23.0 Å². The molecule has 1 saturated heterocycles. The molecule has 0 spiro atoms. The second-order valence-electron chi connectivity index (χ2n) is 9.10. The molecule has 1 aliphatic carbocycles. The van der Waals surface area contributed by atoms with Crippen LogP contribution in [0.4, 0.5) is 0 Å². The molecule has 0 unspecified atom stereocenters. The number of oxime groups is 1. The van der Waals surface area contributed by atoms with E-state index in [2.05, 4.69) is 41.7 Å². The number of fused-ring (bicyclic) bond motifs is 1. The number of carbonyl (C=O) groups is 1. The summed E-state index contributed by atoms with van der Waals surface area (Å²) in [5.41, 5.74) is 3.47. The van der Waals surface area contributed by atoms with Gasteiger partial charge in [0.1, 0.15) is 5.60 Å². The van der Waals surface area contributed by atoms with Gasteiger partial charge >= 0.3 is 5.97 Å². The van der Waals surface area contributed by atoms with Crippen molar-refractivity contribution in [1.82, 2.24) is 0 Å². The molecular weight excluding hydrogens is 430 g/mol. The van der Waals surface area contributed by atoms with Crippen LogP contribution < -0.4 is 0 Å². The van der Waals surface area contributed by atoms with E-state index >= 15 is 0 Å². The molecule has 1 aliphatic heterocycles. The zero-order chi connectivity index (χ0) is 22.2. The lowest BCUT2D eigenvalue weighted by atomic mass is 9.90. The van der Waals surface area contributed by atoms with Gasteiger partial charge in [-0.25, -0.2) is 4.79 Å². The first kappa shape index (κ1) is 22.5. The molecule has 2 heterocycles. The summed E-state index contributed by atoms with van der Waals surface area (Å²) in [6.07, 6.45) is 2.63. The zero-order valence-corrected chi connectivity index (χ0v) is 20.3. The van der Waals surface area contributed by atoms with Gasteiger partial charge in [-0.15, -0.1) is 11.3 Å². The van der Waals surface area contributed by atoms with Gasteiger partial charge in [0.15, 0.2) is 0 Å². The highest BCUT2D eigenvalue weighted by Gasteiger charge is 2.44. The first-order valence-corrected chi connectivity index (χ1v) is 12.3. The van der Waals surface area contributed by atoms with Crippen LogP contribution in [0.2, 0.25) is 0 Å². The fourth-order valence-corrected chi connectivity index (χ4v) is 6.12. The SMILES string of the molecule is CO[C@]1(c2csc(Sc3ccc4c(c3)CCC4=NOC(=O)C(C)(C)C)c2)CCO[C@@H]1C. The Labute approximate surface area is 192 Å². The Balaban J connectivity index is 1.48. The Morgan fingerprint density at radius 3 is 2.77 bits per heavy atom. The lowest BCUT2D eigenvalue weighted by molar-refractivity contribution is -0.152. The van der Waals surface area contributed by atoms with E-state index in [1.807, 2.05) is 20.8 Å². The first-order valence-electron chi connectivity index (χ1n) is 10.6. The topological polar surface area (TPSA) is 57.1 Å². The summed E-state index contributed by atoms with van der Waals surface area (Å²) in [5, 5.41) is 6.35. The monoisotopic (exact) mass is 459 g/mol. The predicted octanol–water partition coefficient (Wildman–Crippen LogP) is 5.79. The molecule has 0 N–H and O–H groups in total. The number of ether oxygens (including phenoxy) is 2. The van der Waals surface area contributed by atoms with Gasteiger partial charge in [-0.2, -0.15) is 0 Å². The molecule has 2 atom stereocenters. The fraction of sp³-hybridized carbons (Fsp3) is 0.500. The molecule has 4 rings (SSSR count). The highest BCUT2D eigenvalue weighted by Crippen LogP contribution is 2.44. The molecule has 0 amide bonds. The maximum atomic E-state index is 12.0. The summed E-state index contributed by atoms with van der Waals surface area (Å²) in [4.78, 5) is 18.4. The predicted molar refractivity (Wildman–Crippen MR) is 124 cm³/mol. The summed E-state index contributed by atoms with van der Waals surface area (Å²) in [6.45, 7) is 8.29. The number of methoxy groups -OCH3 is 1. The number of hydrogen-bond donors (Lipinski definition) is 0. The van der Waals surface area contributed by atoms with Gasteiger partial charge in [-0.3, -0.25) is 0 Å². The van der Waals surface area contributed by atoms with E-state index in [9.17, 15) is 4.79 Å². The molecule has 0 radical (unpaired) electrons. The van der Waals surface area contributed by atoms with E-state index in [0.717, 1.165) is 37.1 Å². The van der Waals surface area contributed by atoms with Gasteiger partial charge in [0.05, 0.1) is 28.0 Å². The lowest BCUT2D eigenvalue weighted by Gasteiger charge is -2.30. The normalized spacial score (nSPS) is 24.5. The van der Waals surface area contributed by atoms with Gasteiger partial charge < -0.3 is 14.3 Å². The number of thiophene rings is 1. The Morgan fingerprint density at radius 1 is 1.29 bits per heavy atom. The lowest BCUT2D eigenvalue weighted by Crippen LogP contribution is -2.35. The summed E-state index contributed by atoms with van der Waals surface area (Å²) < 4.78 is 12.9. The van der Waals surface area contributed by atoms with Crippen LogP contribution in [0.1, 0.15) is 57.2 Å². The Kier molecular flexibility index (Phi) is 6.32. The number of benzene rings is 1. The van der Waals surface area contributed by atoms with E-state index in [1.165, 1.54) is 20.2 Å². The third kappa shape index (κ3) is 4.46. The minimum Gasteiger partial charge on any atom is -0.375 e. The maximum Gasteiger partial charge on any atom is 0.340 e. The standard InChI is InChI=1S/C24H29NO4S2/c1-15-24(27-5,10-11-28-15)17-13-21(30-14-17)31-18-7-8-19-16(12-18)6-9-20(19)25-29-22(26)23(2,3)4/h7-8,12-15H,6,9-11H2,1-5H3/t15-,24-/m1/s1.